The average molecular weight is 584 g/mol. The zero-order valence-electron chi connectivity index (χ0n) is 27.8. The van der Waals surface area contributed by atoms with E-state index in [1.165, 1.54) is 127 Å². The van der Waals surface area contributed by atoms with Gasteiger partial charge in [0.2, 0.25) is 0 Å². The first-order valence-electron chi connectivity index (χ1n) is 18.5. The maximum absolute atomic E-state index is 9.99. The highest BCUT2D eigenvalue weighted by Crippen LogP contribution is 2.46. The van der Waals surface area contributed by atoms with Gasteiger partial charge >= 0.3 is 0 Å². The van der Waals surface area contributed by atoms with E-state index in [1.54, 1.807) is 0 Å². The molecule has 2 fully saturated rings. The molecular formula is C40H61N3. The van der Waals surface area contributed by atoms with Gasteiger partial charge < -0.3 is 0 Å². The monoisotopic (exact) mass is 583 g/mol. The molecule has 1 heterocycles. The van der Waals surface area contributed by atoms with Gasteiger partial charge in [-0.1, -0.05) is 128 Å². The Morgan fingerprint density at radius 1 is 0.651 bits per heavy atom. The highest BCUT2D eigenvalue weighted by molar-refractivity contribution is 5.55. The average Bonchev–Trinajstić information content (AvgIpc) is 3.07. The van der Waals surface area contributed by atoms with Crippen LogP contribution in [0.5, 0.6) is 0 Å². The summed E-state index contributed by atoms with van der Waals surface area (Å²) >= 11 is 0. The lowest BCUT2D eigenvalue weighted by atomic mass is 9.67. The molecule has 0 atom stereocenters. The van der Waals surface area contributed by atoms with Crippen molar-refractivity contribution in [2.24, 2.45) is 11.3 Å². The minimum Gasteiger partial charge on any atom is -0.236 e. The fourth-order valence-corrected chi connectivity index (χ4v) is 7.94. The molecule has 2 aromatic rings. The summed E-state index contributed by atoms with van der Waals surface area (Å²) in [5.74, 6) is 2.99. The van der Waals surface area contributed by atoms with Gasteiger partial charge in [0, 0.05) is 18.0 Å². The van der Waals surface area contributed by atoms with Gasteiger partial charge in [-0.05, 0) is 86.7 Å². The zero-order chi connectivity index (χ0) is 30.2. The van der Waals surface area contributed by atoms with Gasteiger partial charge in [0.1, 0.15) is 0 Å². The van der Waals surface area contributed by atoms with E-state index in [1.807, 2.05) is 0 Å². The van der Waals surface area contributed by atoms with Crippen LogP contribution in [0.1, 0.15) is 184 Å². The van der Waals surface area contributed by atoms with Crippen molar-refractivity contribution in [1.29, 1.82) is 5.26 Å². The van der Waals surface area contributed by atoms with E-state index in [0.717, 1.165) is 49.4 Å². The topological polar surface area (TPSA) is 49.6 Å². The molecule has 1 aromatic heterocycles. The Hall–Kier alpha value is -2.21. The molecule has 0 bridgehead atoms. The Morgan fingerprint density at radius 3 is 1.77 bits per heavy atom. The molecule has 4 rings (SSSR count). The number of hydrogen-bond donors (Lipinski definition) is 0. The second-order valence-corrected chi connectivity index (χ2v) is 14.3. The molecule has 0 radical (unpaired) electrons. The van der Waals surface area contributed by atoms with Crippen LogP contribution in [-0.4, -0.2) is 9.97 Å². The summed E-state index contributed by atoms with van der Waals surface area (Å²) in [4.78, 5) is 9.62. The summed E-state index contributed by atoms with van der Waals surface area (Å²) in [6.07, 6.45) is 34.2. The summed E-state index contributed by atoms with van der Waals surface area (Å²) < 4.78 is 0. The molecule has 236 valence electrons. The molecule has 1 aromatic carbocycles. The molecule has 3 heteroatoms. The third-order valence-corrected chi connectivity index (χ3v) is 11.0. The van der Waals surface area contributed by atoms with Gasteiger partial charge in [-0.15, -0.1) is 0 Å². The quantitative estimate of drug-likeness (QED) is 0.164. The number of benzene rings is 1. The summed E-state index contributed by atoms with van der Waals surface area (Å²) in [5.41, 5.74) is 3.78. The van der Waals surface area contributed by atoms with Crippen LogP contribution in [0.4, 0.5) is 0 Å². The van der Waals surface area contributed by atoms with Crippen LogP contribution in [-0.2, 0) is 0 Å². The van der Waals surface area contributed by atoms with Crippen molar-refractivity contribution in [2.45, 2.75) is 173 Å². The van der Waals surface area contributed by atoms with Crippen molar-refractivity contribution in [3.63, 3.8) is 0 Å². The maximum atomic E-state index is 9.99. The molecular weight excluding hydrogens is 522 g/mol. The summed E-state index contributed by atoms with van der Waals surface area (Å²) in [6, 6.07) is 11.7. The second-order valence-electron chi connectivity index (χ2n) is 14.3. The summed E-state index contributed by atoms with van der Waals surface area (Å²) in [5, 5.41) is 9.99. The third kappa shape index (κ3) is 10.7. The second kappa shape index (κ2) is 18.6. The third-order valence-electron chi connectivity index (χ3n) is 11.0. The molecule has 0 saturated heterocycles. The minimum absolute atomic E-state index is 0.0786. The van der Waals surface area contributed by atoms with Gasteiger partial charge in [-0.3, -0.25) is 0 Å². The fourth-order valence-electron chi connectivity index (χ4n) is 7.94. The number of unbranched alkanes of at least 4 members (excludes halogenated alkanes) is 11. The first kappa shape index (κ1) is 33.7. The Kier molecular flexibility index (Phi) is 14.5. The van der Waals surface area contributed by atoms with E-state index >= 15 is 0 Å². The lowest BCUT2D eigenvalue weighted by Gasteiger charge is -2.35. The van der Waals surface area contributed by atoms with E-state index in [-0.39, 0.29) is 5.41 Å². The predicted molar refractivity (Wildman–Crippen MR) is 182 cm³/mol. The van der Waals surface area contributed by atoms with E-state index in [4.69, 9.17) is 9.97 Å². The van der Waals surface area contributed by atoms with E-state index < -0.39 is 0 Å². The smallest absolute Gasteiger partial charge is 0.159 e. The van der Waals surface area contributed by atoms with Crippen LogP contribution in [0.3, 0.4) is 0 Å². The largest absolute Gasteiger partial charge is 0.236 e. The van der Waals surface area contributed by atoms with Crippen LogP contribution in [0, 0.1) is 22.7 Å². The van der Waals surface area contributed by atoms with Crippen molar-refractivity contribution in [3.8, 4) is 17.5 Å². The molecule has 0 aliphatic heterocycles. The molecule has 0 unspecified atom stereocenters. The Morgan fingerprint density at radius 2 is 1.19 bits per heavy atom. The highest BCUT2D eigenvalue weighted by Gasteiger charge is 2.35. The van der Waals surface area contributed by atoms with Crippen molar-refractivity contribution in [2.75, 3.05) is 0 Å². The predicted octanol–water partition coefficient (Wildman–Crippen LogP) is 12.5. The molecule has 2 aliphatic rings. The van der Waals surface area contributed by atoms with Gasteiger partial charge in [-0.2, -0.15) is 5.26 Å². The zero-order valence-corrected chi connectivity index (χ0v) is 27.8. The van der Waals surface area contributed by atoms with Gasteiger partial charge in [-0.25, -0.2) is 9.97 Å². The van der Waals surface area contributed by atoms with E-state index in [2.05, 4.69) is 56.6 Å². The molecule has 0 spiro atoms. The van der Waals surface area contributed by atoms with Gasteiger partial charge in [0.25, 0.3) is 0 Å². The van der Waals surface area contributed by atoms with Crippen molar-refractivity contribution in [3.05, 3.63) is 47.8 Å². The number of nitriles is 1. The van der Waals surface area contributed by atoms with E-state index in [0.29, 0.717) is 11.8 Å². The summed E-state index contributed by atoms with van der Waals surface area (Å²) in [6.45, 7) is 4.56. The van der Waals surface area contributed by atoms with Gasteiger partial charge in [0.15, 0.2) is 5.82 Å². The minimum atomic E-state index is -0.0786. The summed E-state index contributed by atoms with van der Waals surface area (Å²) in [7, 11) is 0. The van der Waals surface area contributed by atoms with Crippen LogP contribution >= 0.6 is 0 Å². The van der Waals surface area contributed by atoms with Crippen molar-refractivity contribution >= 4 is 0 Å². The number of rotatable bonds is 18. The molecule has 2 aliphatic carbocycles. The molecule has 3 nitrogen and oxygen atoms in total. The number of hydrogen-bond acceptors (Lipinski definition) is 3. The highest BCUT2D eigenvalue weighted by atomic mass is 14.9. The Balaban J connectivity index is 1.17. The molecule has 0 N–H and O–H groups in total. The normalized spacial score (nSPS) is 24.1. The fraction of sp³-hybridized carbons (Fsp3) is 0.725. The van der Waals surface area contributed by atoms with Crippen LogP contribution in [0.2, 0.25) is 0 Å². The molecule has 43 heavy (non-hydrogen) atoms. The SMILES string of the molecule is CCCCCCCCCCC1CCC(c2cnc(-c3ccc(C4CCC(C#N)(CCCCCCC)CC4)cc3)nc2)CC1. The number of aromatic nitrogens is 2. The van der Waals surface area contributed by atoms with Crippen LogP contribution in [0.25, 0.3) is 11.4 Å². The Labute approximate surface area is 264 Å². The van der Waals surface area contributed by atoms with Crippen LogP contribution in [0.15, 0.2) is 36.7 Å². The van der Waals surface area contributed by atoms with Crippen LogP contribution < -0.4 is 0 Å². The maximum Gasteiger partial charge on any atom is 0.159 e. The van der Waals surface area contributed by atoms with Crippen molar-refractivity contribution < 1.29 is 0 Å². The Bertz CT molecular complexity index is 1050. The first-order valence-corrected chi connectivity index (χ1v) is 18.5. The van der Waals surface area contributed by atoms with Gasteiger partial charge in [0.05, 0.1) is 11.5 Å². The first-order chi connectivity index (χ1) is 21.2. The molecule has 0 amide bonds. The number of nitrogens with zero attached hydrogens (tertiary/aromatic N) is 3. The van der Waals surface area contributed by atoms with E-state index in [9.17, 15) is 5.26 Å². The standard InChI is InChI=1S/C40H61N3/c1-3-5-7-9-10-11-12-14-16-33-17-19-35(20-18-33)38-30-42-39(43-31-38)37-23-21-34(22-24-37)36-25-28-40(32-41,29-26-36)27-15-13-8-6-4-2/h21-24,30-31,33,35-36H,3-20,25-29H2,1-2H3. The molecule has 2 saturated carbocycles. The van der Waals surface area contributed by atoms with Crippen molar-refractivity contribution in [1.82, 2.24) is 9.97 Å². The lowest BCUT2D eigenvalue weighted by Crippen LogP contribution is -2.25. The lowest BCUT2D eigenvalue weighted by molar-refractivity contribution is 0.223.